The number of nitrogens with one attached hydrogen (secondary N) is 1. The van der Waals surface area contributed by atoms with Crippen molar-refractivity contribution >= 4 is 0 Å². The van der Waals surface area contributed by atoms with Crippen molar-refractivity contribution in [3.05, 3.63) is 23.9 Å². The molecule has 0 aliphatic heterocycles. The highest BCUT2D eigenvalue weighted by Gasteiger charge is 2.06. The summed E-state index contributed by atoms with van der Waals surface area (Å²) in [6.45, 7) is 7.38. The molecule has 0 aliphatic carbocycles. The van der Waals surface area contributed by atoms with Crippen LogP contribution in [0.3, 0.4) is 0 Å². The first-order chi connectivity index (χ1) is 7.13. The molecule has 0 amide bonds. The van der Waals surface area contributed by atoms with E-state index in [0.29, 0.717) is 17.8 Å². The van der Waals surface area contributed by atoms with Crippen LogP contribution in [0, 0.1) is 5.92 Å². The minimum atomic E-state index is 0.498. The minimum absolute atomic E-state index is 0.498. The van der Waals surface area contributed by atoms with E-state index in [1.54, 1.807) is 7.11 Å². The second-order valence-electron chi connectivity index (χ2n) is 4.08. The molecule has 1 atom stereocenters. The molecule has 1 aromatic rings. The Morgan fingerprint density at radius 2 is 2.07 bits per heavy atom. The lowest BCUT2D eigenvalue weighted by atomic mass is 10.1. The number of methoxy groups -OCH3 is 1. The summed E-state index contributed by atoms with van der Waals surface area (Å²) in [5, 5.41) is 3.43. The lowest BCUT2D eigenvalue weighted by Gasteiger charge is -2.17. The van der Waals surface area contributed by atoms with Gasteiger partial charge in [-0.25, -0.2) is 4.98 Å². The molecule has 0 radical (unpaired) electrons. The van der Waals surface area contributed by atoms with E-state index in [0.717, 1.165) is 12.2 Å². The summed E-state index contributed by atoms with van der Waals surface area (Å²) in [5.41, 5.74) is 1.02. The summed E-state index contributed by atoms with van der Waals surface area (Å²) < 4.78 is 5.07. The third-order valence-electron chi connectivity index (χ3n) is 2.60. The molecule has 0 aromatic carbocycles. The molecule has 0 bridgehead atoms. The third kappa shape index (κ3) is 3.88. The molecule has 3 nitrogen and oxygen atoms in total. The summed E-state index contributed by atoms with van der Waals surface area (Å²) in [4.78, 5) is 4.34. The van der Waals surface area contributed by atoms with Crippen LogP contribution in [0.25, 0.3) is 0 Å². The zero-order chi connectivity index (χ0) is 11.3. The van der Waals surface area contributed by atoms with Gasteiger partial charge in [-0.3, -0.25) is 0 Å². The van der Waals surface area contributed by atoms with E-state index in [1.165, 1.54) is 0 Å². The Kier molecular flexibility index (Phi) is 4.56. The third-order valence-corrected chi connectivity index (χ3v) is 2.60. The summed E-state index contributed by atoms with van der Waals surface area (Å²) in [5.74, 6) is 1.31. The second kappa shape index (κ2) is 5.71. The van der Waals surface area contributed by atoms with Crippen molar-refractivity contribution in [2.45, 2.75) is 33.4 Å². The topological polar surface area (TPSA) is 34.1 Å². The molecule has 0 saturated heterocycles. The first-order valence-corrected chi connectivity index (χ1v) is 5.36. The maximum absolute atomic E-state index is 5.07. The van der Waals surface area contributed by atoms with E-state index < -0.39 is 0 Å². The fourth-order valence-electron chi connectivity index (χ4n) is 1.17. The van der Waals surface area contributed by atoms with Gasteiger partial charge < -0.3 is 10.1 Å². The van der Waals surface area contributed by atoms with Crippen LogP contribution in [0.5, 0.6) is 5.88 Å². The predicted molar refractivity (Wildman–Crippen MR) is 61.9 cm³/mol. The Bertz CT molecular complexity index is 299. The number of rotatable bonds is 5. The van der Waals surface area contributed by atoms with E-state index in [1.807, 2.05) is 18.2 Å². The zero-order valence-electron chi connectivity index (χ0n) is 9.95. The Morgan fingerprint density at radius 3 is 2.67 bits per heavy atom. The molecule has 1 unspecified atom stereocenters. The first-order valence-electron chi connectivity index (χ1n) is 5.36. The standard InChI is InChI=1S/C12H20N2O/c1-9(2)10(3)13-8-11-6-5-7-12(14-11)15-4/h5-7,9-10,13H,8H2,1-4H3. The molecule has 1 aromatic heterocycles. The van der Waals surface area contributed by atoms with Crippen LogP contribution in [0.1, 0.15) is 26.5 Å². The van der Waals surface area contributed by atoms with Gasteiger partial charge in [-0.2, -0.15) is 0 Å². The lowest BCUT2D eigenvalue weighted by molar-refractivity contribution is 0.391. The molecule has 0 saturated carbocycles. The minimum Gasteiger partial charge on any atom is -0.481 e. The molecule has 0 aliphatic rings. The lowest BCUT2D eigenvalue weighted by Crippen LogP contribution is -2.30. The van der Waals surface area contributed by atoms with Crippen molar-refractivity contribution < 1.29 is 4.74 Å². The van der Waals surface area contributed by atoms with E-state index >= 15 is 0 Å². The Labute approximate surface area is 91.9 Å². The fraction of sp³-hybridized carbons (Fsp3) is 0.583. The SMILES string of the molecule is COc1cccc(CNC(C)C(C)C)n1. The van der Waals surface area contributed by atoms with Crippen LogP contribution < -0.4 is 10.1 Å². The number of hydrogen-bond acceptors (Lipinski definition) is 3. The maximum Gasteiger partial charge on any atom is 0.213 e. The van der Waals surface area contributed by atoms with Crippen molar-refractivity contribution in [3.63, 3.8) is 0 Å². The van der Waals surface area contributed by atoms with Crippen molar-refractivity contribution in [2.24, 2.45) is 5.92 Å². The second-order valence-corrected chi connectivity index (χ2v) is 4.08. The average Bonchev–Trinajstić information content (AvgIpc) is 2.26. The van der Waals surface area contributed by atoms with Crippen LogP contribution in [-0.2, 0) is 6.54 Å². The summed E-state index contributed by atoms with van der Waals surface area (Å²) in [6, 6.07) is 6.32. The van der Waals surface area contributed by atoms with Gasteiger partial charge in [0.1, 0.15) is 0 Å². The predicted octanol–water partition coefficient (Wildman–Crippen LogP) is 2.22. The number of pyridine rings is 1. The van der Waals surface area contributed by atoms with Gasteiger partial charge in [0.05, 0.1) is 12.8 Å². The van der Waals surface area contributed by atoms with Gasteiger partial charge >= 0.3 is 0 Å². The van der Waals surface area contributed by atoms with Gasteiger partial charge in [0.2, 0.25) is 5.88 Å². The fourth-order valence-corrected chi connectivity index (χ4v) is 1.17. The molecular formula is C12H20N2O. The van der Waals surface area contributed by atoms with Crippen LogP contribution in [-0.4, -0.2) is 18.1 Å². The molecule has 3 heteroatoms. The monoisotopic (exact) mass is 208 g/mol. The smallest absolute Gasteiger partial charge is 0.213 e. The Balaban J connectivity index is 2.50. The summed E-state index contributed by atoms with van der Waals surface area (Å²) >= 11 is 0. The van der Waals surface area contributed by atoms with Gasteiger partial charge in [-0.05, 0) is 18.9 Å². The molecule has 1 rings (SSSR count). The molecule has 84 valence electrons. The van der Waals surface area contributed by atoms with E-state index in [9.17, 15) is 0 Å². The van der Waals surface area contributed by atoms with Crippen molar-refractivity contribution in [1.82, 2.24) is 10.3 Å². The van der Waals surface area contributed by atoms with Crippen LogP contribution in [0.15, 0.2) is 18.2 Å². The van der Waals surface area contributed by atoms with Gasteiger partial charge in [-0.1, -0.05) is 19.9 Å². The maximum atomic E-state index is 5.07. The van der Waals surface area contributed by atoms with Crippen LogP contribution in [0.4, 0.5) is 0 Å². The molecule has 1 heterocycles. The highest BCUT2D eigenvalue weighted by atomic mass is 16.5. The average molecular weight is 208 g/mol. The van der Waals surface area contributed by atoms with Crippen molar-refractivity contribution in [1.29, 1.82) is 0 Å². The first kappa shape index (κ1) is 12.0. The number of ether oxygens (including phenoxy) is 1. The largest absolute Gasteiger partial charge is 0.481 e. The Morgan fingerprint density at radius 1 is 1.33 bits per heavy atom. The molecule has 15 heavy (non-hydrogen) atoms. The van der Waals surface area contributed by atoms with Crippen LogP contribution >= 0.6 is 0 Å². The highest BCUT2D eigenvalue weighted by Crippen LogP contribution is 2.07. The van der Waals surface area contributed by atoms with Crippen molar-refractivity contribution in [2.75, 3.05) is 7.11 Å². The number of hydrogen-bond donors (Lipinski definition) is 1. The summed E-state index contributed by atoms with van der Waals surface area (Å²) in [7, 11) is 1.64. The number of nitrogens with zero attached hydrogens (tertiary/aromatic N) is 1. The summed E-state index contributed by atoms with van der Waals surface area (Å²) in [6.07, 6.45) is 0. The van der Waals surface area contributed by atoms with Crippen LogP contribution in [0.2, 0.25) is 0 Å². The van der Waals surface area contributed by atoms with Gasteiger partial charge in [-0.15, -0.1) is 0 Å². The molecule has 0 spiro atoms. The van der Waals surface area contributed by atoms with Crippen molar-refractivity contribution in [3.8, 4) is 5.88 Å². The number of aromatic nitrogens is 1. The molecule has 1 N–H and O–H groups in total. The van der Waals surface area contributed by atoms with Gasteiger partial charge in [0, 0.05) is 18.7 Å². The normalized spacial score (nSPS) is 12.9. The quantitative estimate of drug-likeness (QED) is 0.805. The van der Waals surface area contributed by atoms with Gasteiger partial charge in [0.25, 0.3) is 0 Å². The van der Waals surface area contributed by atoms with E-state index in [4.69, 9.17) is 4.74 Å². The Hall–Kier alpha value is -1.09. The van der Waals surface area contributed by atoms with E-state index in [2.05, 4.69) is 31.1 Å². The zero-order valence-corrected chi connectivity index (χ0v) is 9.95. The highest BCUT2D eigenvalue weighted by molar-refractivity contribution is 5.15. The van der Waals surface area contributed by atoms with E-state index in [-0.39, 0.29) is 0 Å². The molecule has 0 fully saturated rings. The van der Waals surface area contributed by atoms with Gasteiger partial charge in [0.15, 0.2) is 0 Å². The molecular weight excluding hydrogens is 188 g/mol.